The van der Waals surface area contributed by atoms with E-state index in [1.54, 1.807) is 0 Å². The highest BCUT2D eigenvalue weighted by atomic mass is 32.2. The molecule has 5 nitrogen and oxygen atoms in total. The Morgan fingerprint density at radius 3 is 2.53 bits per heavy atom. The second kappa shape index (κ2) is 9.67. The van der Waals surface area contributed by atoms with Gasteiger partial charge in [0.15, 0.2) is 0 Å². The molecule has 0 saturated carbocycles. The van der Waals surface area contributed by atoms with Crippen LogP contribution in [0.15, 0.2) is 0 Å². The summed E-state index contributed by atoms with van der Waals surface area (Å²) in [6.45, 7) is 4.17. The topological polar surface area (TPSA) is 75.3 Å². The molecule has 15 heavy (non-hydrogen) atoms. The van der Waals surface area contributed by atoms with E-state index in [-0.39, 0.29) is 0 Å². The first-order chi connectivity index (χ1) is 7.16. The lowest BCUT2D eigenvalue weighted by molar-refractivity contribution is -0.114. The molecule has 6 heteroatoms. The maximum atomic E-state index is 10.8. The molecule has 0 aromatic rings. The molecule has 0 bridgehead atoms. The summed E-state index contributed by atoms with van der Waals surface area (Å²) in [4.78, 5) is 10.8. The summed E-state index contributed by atoms with van der Waals surface area (Å²) in [5.74, 6) is -0.571. The fourth-order valence-electron chi connectivity index (χ4n) is 1.03. The quantitative estimate of drug-likeness (QED) is 0.441. The van der Waals surface area contributed by atoms with Crippen LogP contribution in [0.4, 0.5) is 0 Å². The van der Waals surface area contributed by atoms with Crippen molar-refractivity contribution >= 4 is 21.6 Å². The number of rotatable bonds is 8. The molecule has 2 N–H and O–H groups in total. The molecule has 0 fully saturated rings. The average molecular weight is 234 g/mol. The molecule has 0 atom stereocenters. The van der Waals surface area contributed by atoms with E-state index < -0.39 is 16.2 Å². The average Bonchev–Trinajstić information content (AvgIpc) is 2.15. The van der Waals surface area contributed by atoms with Crippen LogP contribution in [0.25, 0.3) is 0 Å². The Balaban J connectivity index is 3.31. The number of unbranched alkanes of at least 4 members (excludes halogenated alkanes) is 2. The van der Waals surface area contributed by atoms with Crippen molar-refractivity contribution in [3.8, 4) is 0 Å². The summed E-state index contributed by atoms with van der Waals surface area (Å²) < 4.78 is 20.2. The molecular weight excluding hydrogens is 216 g/mol. The number of hydrogen-bond donors (Lipinski definition) is 2. The van der Waals surface area contributed by atoms with Crippen molar-refractivity contribution in [2.24, 2.45) is 0 Å². The third-order valence-corrected chi connectivity index (χ3v) is 2.17. The summed E-state index contributed by atoms with van der Waals surface area (Å²) in [5, 5.41) is 6.22. The Hall–Kier alpha value is -0.880. The lowest BCUT2D eigenvalue weighted by atomic mass is 10.2. The van der Waals surface area contributed by atoms with Crippen molar-refractivity contribution in [2.75, 3.05) is 19.6 Å². The van der Waals surface area contributed by atoms with Gasteiger partial charge in [0.2, 0.25) is 10.3 Å². The molecule has 0 rings (SSSR count). The van der Waals surface area contributed by atoms with Gasteiger partial charge in [-0.25, -0.2) is 0 Å². The van der Waals surface area contributed by atoms with Gasteiger partial charge in [0.25, 0.3) is 5.91 Å². The van der Waals surface area contributed by atoms with Crippen LogP contribution in [-0.4, -0.2) is 39.3 Å². The van der Waals surface area contributed by atoms with E-state index in [2.05, 4.69) is 17.6 Å². The zero-order valence-corrected chi connectivity index (χ0v) is 9.77. The van der Waals surface area contributed by atoms with Crippen LogP contribution < -0.4 is 10.6 Å². The van der Waals surface area contributed by atoms with Gasteiger partial charge in [0.05, 0.1) is 0 Å². The monoisotopic (exact) mass is 234 g/mol. The SMILES string of the molecule is CCCCCNCCNC(=O)C=S(=O)=O. The van der Waals surface area contributed by atoms with E-state index in [1.807, 2.05) is 0 Å². The second-order valence-corrected chi connectivity index (χ2v) is 3.88. The van der Waals surface area contributed by atoms with Crippen LogP contribution in [-0.2, 0) is 15.1 Å². The van der Waals surface area contributed by atoms with Crippen molar-refractivity contribution in [1.29, 1.82) is 0 Å². The fraction of sp³-hybridized carbons (Fsp3) is 0.778. The molecule has 1 amide bonds. The van der Waals surface area contributed by atoms with Gasteiger partial charge in [-0.1, -0.05) is 19.8 Å². The molecule has 0 unspecified atom stereocenters. The molecule has 88 valence electrons. The summed E-state index contributed by atoms with van der Waals surface area (Å²) in [6, 6.07) is 0. The molecule has 0 aromatic heterocycles. The molecular formula is C9H18N2O3S. The van der Waals surface area contributed by atoms with Crippen molar-refractivity contribution in [3.05, 3.63) is 0 Å². The van der Waals surface area contributed by atoms with Crippen LogP contribution in [0.1, 0.15) is 26.2 Å². The second-order valence-electron chi connectivity index (χ2n) is 3.13. The molecule has 0 radical (unpaired) electrons. The Labute approximate surface area is 91.8 Å². The largest absolute Gasteiger partial charge is 0.350 e. The van der Waals surface area contributed by atoms with E-state index in [0.29, 0.717) is 18.5 Å². The normalized spacial score (nSPS) is 9.67. The summed E-state index contributed by atoms with van der Waals surface area (Å²) in [6.07, 6.45) is 3.51. The molecule has 0 heterocycles. The molecule has 0 aromatic carbocycles. The van der Waals surface area contributed by atoms with E-state index in [0.717, 1.165) is 13.0 Å². The van der Waals surface area contributed by atoms with Gasteiger partial charge in [-0.3, -0.25) is 4.79 Å². The lowest BCUT2D eigenvalue weighted by Gasteiger charge is -2.03. The van der Waals surface area contributed by atoms with E-state index in [4.69, 9.17) is 0 Å². The van der Waals surface area contributed by atoms with Gasteiger partial charge < -0.3 is 10.6 Å². The van der Waals surface area contributed by atoms with Crippen LogP contribution in [0.2, 0.25) is 0 Å². The van der Waals surface area contributed by atoms with Gasteiger partial charge >= 0.3 is 0 Å². The highest BCUT2D eigenvalue weighted by Crippen LogP contribution is 1.90. The van der Waals surface area contributed by atoms with Crippen LogP contribution in [0.3, 0.4) is 0 Å². The molecule has 0 saturated heterocycles. The smallest absolute Gasteiger partial charge is 0.259 e. The minimum atomic E-state index is -2.41. The minimum Gasteiger partial charge on any atom is -0.350 e. The first-order valence-electron chi connectivity index (χ1n) is 5.08. The molecule has 0 spiro atoms. The van der Waals surface area contributed by atoms with Crippen molar-refractivity contribution in [3.63, 3.8) is 0 Å². The standard InChI is InChI=1S/C9H18N2O3S/c1-2-3-4-5-10-6-7-11-9(12)8-15(13)14/h8,10H,2-7H2,1H3,(H,11,12). The maximum absolute atomic E-state index is 10.8. The first-order valence-corrected chi connectivity index (χ1v) is 6.22. The Bertz CT molecular complexity index is 290. The summed E-state index contributed by atoms with van der Waals surface area (Å²) >= 11 is 0. The highest BCUT2D eigenvalue weighted by molar-refractivity contribution is 7.73. The summed E-state index contributed by atoms with van der Waals surface area (Å²) in [7, 11) is -2.41. The zero-order chi connectivity index (χ0) is 11.5. The van der Waals surface area contributed by atoms with Gasteiger partial charge in [0, 0.05) is 13.1 Å². The Morgan fingerprint density at radius 1 is 1.20 bits per heavy atom. The van der Waals surface area contributed by atoms with Crippen LogP contribution >= 0.6 is 0 Å². The highest BCUT2D eigenvalue weighted by Gasteiger charge is 1.94. The number of amides is 1. The third-order valence-electron chi connectivity index (χ3n) is 1.76. The van der Waals surface area contributed by atoms with Crippen molar-refractivity contribution in [1.82, 2.24) is 10.6 Å². The van der Waals surface area contributed by atoms with E-state index in [9.17, 15) is 13.2 Å². The molecule has 0 aliphatic carbocycles. The zero-order valence-electron chi connectivity index (χ0n) is 8.95. The summed E-state index contributed by atoms with van der Waals surface area (Å²) in [5.41, 5.74) is 0. The van der Waals surface area contributed by atoms with Gasteiger partial charge in [0.1, 0.15) is 5.37 Å². The minimum absolute atomic E-state index is 0.443. The van der Waals surface area contributed by atoms with Crippen molar-refractivity contribution in [2.45, 2.75) is 26.2 Å². The predicted molar refractivity (Wildman–Crippen MR) is 60.4 cm³/mol. The van der Waals surface area contributed by atoms with Crippen molar-refractivity contribution < 1.29 is 13.2 Å². The molecule has 0 aliphatic rings. The Kier molecular flexibility index (Phi) is 9.10. The van der Waals surface area contributed by atoms with Gasteiger partial charge in [-0.2, -0.15) is 8.42 Å². The maximum Gasteiger partial charge on any atom is 0.259 e. The van der Waals surface area contributed by atoms with Gasteiger partial charge in [-0.15, -0.1) is 0 Å². The predicted octanol–water partition coefficient (Wildman–Crippen LogP) is -0.436. The number of nitrogens with one attached hydrogen (secondary N) is 2. The van der Waals surface area contributed by atoms with Crippen LogP contribution in [0, 0.1) is 0 Å². The number of carbonyl (C=O) groups is 1. The number of hydrogen-bond acceptors (Lipinski definition) is 4. The third kappa shape index (κ3) is 11.0. The van der Waals surface area contributed by atoms with Crippen LogP contribution in [0.5, 0.6) is 0 Å². The lowest BCUT2D eigenvalue weighted by Crippen LogP contribution is -2.32. The van der Waals surface area contributed by atoms with E-state index >= 15 is 0 Å². The first kappa shape index (κ1) is 14.1. The molecule has 0 aliphatic heterocycles. The van der Waals surface area contributed by atoms with E-state index in [1.165, 1.54) is 12.8 Å². The van der Waals surface area contributed by atoms with Gasteiger partial charge in [-0.05, 0) is 13.0 Å². The Morgan fingerprint density at radius 2 is 1.93 bits per heavy atom. The fourth-order valence-corrected chi connectivity index (χ4v) is 1.29. The number of carbonyl (C=O) groups excluding carboxylic acids is 1.